The predicted octanol–water partition coefficient (Wildman–Crippen LogP) is 0.867. The van der Waals surface area contributed by atoms with Gasteiger partial charge < -0.3 is 0 Å². The molecule has 0 unspecified atom stereocenters. The van der Waals surface area contributed by atoms with Crippen molar-refractivity contribution in [1.82, 2.24) is 0 Å². The number of carbonyl (C=O) groups is 2. The van der Waals surface area contributed by atoms with Crippen molar-refractivity contribution in [2.75, 3.05) is 0 Å². The van der Waals surface area contributed by atoms with E-state index in [-0.39, 0.29) is 11.1 Å². The third kappa shape index (κ3) is 2.28. The Morgan fingerprint density at radius 3 is 1.80 bits per heavy atom. The molecule has 1 aromatic carbocycles. The minimum absolute atomic E-state index is 0.0622. The molecule has 1 aromatic rings. The Kier molecular flexibility index (Phi) is 3.01. The van der Waals surface area contributed by atoms with Crippen molar-refractivity contribution in [2.45, 2.75) is 11.8 Å². The van der Waals surface area contributed by atoms with Gasteiger partial charge in [-0.1, -0.05) is 0 Å². The Balaban J connectivity index is 3.61. The summed E-state index contributed by atoms with van der Waals surface area (Å²) < 4.78 is 30.4. The molecular formula is C9H8O5S. The first-order valence-corrected chi connectivity index (χ1v) is 5.36. The molecule has 0 radical (unpaired) electrons. The van der Waals surface area contributed by atoms with Crippen LogP contribution < -0.4 is 0 Å². The van der Waals surface area contributed by atoms with E-state index in [0.29, 0.717) is 18.1 Å². The molecule has 0 atom stereocenters. The van der Waals surface area contributed by atoms with Crippen LogP contribution in [-0.2, 0) is 10.1 Å². The lowest BCUT2D eigenvalue weighted by molar-refractivity contribution is 0.112. The minimum atomic E-state index is -4.40. The van der Waals surface area contributed by atoms with E-state index in [1.54, 1.807) is 0 Å². The van der Waals surface area contributed by atoms with Crippen LogP contribution in [0.25, 0.3) is 0 Å². The number of benzene rings is 1. The van der Waals surface area contributed by atoms with Crippen molar-refractivity contribution >= 4 is 22.7 Å². The van der Waals surface area contributed by atoms with Crippen LogP contribution in [0.1, 0.15) is 26.3 Å². The van der Waals surface area contributed by atoms with E-state index in [1.807, 2.05) is 0 Å². The van der Waals surface area contributed by atoms with Crippen LogP contribution in [0.5, 0.6) is 0 Å². The van der Waals surface area contributed by atoms with Gasteiger partial charge in [-0.05, 0) is 24.6 Å². The number of carbonyl (C=O) groups excluding carboxylic acids is 2. The lowest BCUT2D eigenvalue weighted by Crippen LogP contribution is -2.03. The van der Waals surface area contributed by atoms with Gasteiger partial charge in [0.2, 0.25) is 0 Å². The van der Waals surface area contributed by atoms with Gasteiger partial charge in [0.1, 0.15) is 12.6 Å². The highest BCUT2D eigenvalue weighted by molar-refractivity contribution is 7.85. The van der Waals surface area contributed by atoms with E-state index >= 15 is 0 Å². The van der Waals surface area contributed by atoms with Gasteiger partial charge in [0.15, 0.2) is 0 Å². The van der Waals surface area contributed by atoms with Gasteiger partial charge in [-0.3, -0.25) is 14.1 Å². The molecule has 0 fully saturated rings. The highest BCUT2D eigenvalue weighted by Crippen LogP contribution is 2.17. The Bertz CT molecular complexity index is 486. The molecule has 0 heterocycles. The molecule has 0 spiro atoms. The van der Waals surface area contributed by atoms with Crippen molar-refractivity contribution in [3.63, 3.8) is 0 Å². The van der Waals surface area contributed by atoms with Crippen molar-refractivity contribution in [3.8, 4) is 0 Å². The molecule has 6 heteroatoms. The van der Waals surface area contributed by atoms with Gasteiger partial charge in [0.05, 0.1) is 4.90 Å². The van der Waals surface area contributed by atoms with E-state index in [1.165, 1.54) is 6.92 Å². The summed E-state index contributed by atoms with van der Waals surface area (Å²) in [5.74, 6) is 0. The molecule has 0 amide bonds. The van der Waals surface area contributed by atoms with Gasteiger partial charge in [-0.25, -0.2) is 0 Å². The van der Waals surface area contributed by atoms with Gasteiger partial charge in [0, 0.05) is 11.1 Å². The first-order valence-electron chi connectivity index (χ1n) is 3.92. The lowest BCUT2D eigenvalue weighted by atomic mass is 10.0. The third-order valence-electron chi connectivity index (χ3n) is 2.01. The normalized spacial score (nSPS) is 11.1. The SMILES string of the molecule is Cc1c(C=O)cc(S(=O)(=O)O)cc1C=O. The number of hydrogen-bond acceptors (Lipinski definition) is 4. The second-order valence-corrected chi connectivity index (χ2v) is 4.36. The second kappa shape index (κ2) is 3.92. The molecule has 0 aliphatic carbocycles. The summed E-state index contributed by atoms with van der Waals surface area (Å²) in [7, 11) is -4.40. The molecule has 5 nitrogen and oxygen atoms in total. The van der Waals surface area contributed by atoms with E-state index in [0.717, 1.165) is 12.1 Å². The molecule has 1 rings (SSSR count). The maximum absolute atomic E-state index is 10.8. The summed E-state index contributed by atoms with van der Waals surface area (Å²) in [6.45, 7) is 1.52. The van der Waals surface area contributed by atoms with E-state index in [9.17, 15) is 18.0 Å². The van der Waals surface area contributed by atoms with Gasteiger partial charge in [-0.2, -0.15) is 8.42 Å². The van der Waals surface area contributed by atoms with Crippen LogP contribution >= 0.6 is 0 Å². The van der Waals surface area contributed by atoms with Crippen LogP contribution in [0.2, 0.25) is 0 Å². The molecule has 15 heavy (non-hydrogen) atoms. The molecule has 0 aromatic heterocycles. The number of hydrogen-bond donors (Lipinski definition) is 1. The fourth-order valence-electron chi connectivity index (χ4n) is 1.13. The largest absolute Gasteiger partial charge is 0.298 e. The molecule has 0 aliphatic heterocycles. The quantitative estimate of drug-likeness (QED) is 0.612. The van der Waals surface area contributed by atoms with Crippen molar-refractivity contribution in [3.05, 3.63) is 28.8 Å². The van der Waals surface area contributed by atoms with Gasteiger partial charge in [0.25, 0.3) is 10.1 Å². The van der Waals surface area contributed by atoms with E-state index in [4.69, 9.17) is 4.55 Å². The highest BCUT2D eigenvalue weighted by Gasteiger charge is 2.14. The average molecular weight is 228 g/mol. The lowest BCUT2D eigenvalue weighted by Gasteiger charge is -2.04. The zero-order valence-electron chi connectivity index (χ0n) is 7.80. The zero-order chi connectivity index (χ0) is 11.6. The third-order valence-corrected chi connectivity index (χ3v) is 2.84. The molecular weight excluding hydrogens is 220 g/mol. The summed E-state index contributed by atoms with van der Waals surface area (Å²) in [4.78, 5) is 20.7. The molecule has 0 saturated carbocycles. The molecule has 0 saturated heterocycles. The number of aldehydes is 2. The topological polar surface area (TPSA) is 88.5 Å². The fourth-order valence-corrected chi connectivity index (χ4v) is 1.68. The Hall–Kier alpha value is -1.53. The number of rotatable bonds is 3. The van der Waals surface area contributed by atoms with Gasteiger partial charge in [-0.15, -0.1) is 0 Å². The average Bonchev–Trinajstić information content (AvgIpc) is 2.16. The van der Waals surface area contributed by atoms with Crippen molar-refractivity contribution in [2.24, 2.45) is 0 Å². The first-order chi connectivity index (χ1) is 6.90. The minimum Gasteiger partial charge on any atom is -0.298 e. The highest BCUT2D eigenvalue weighted by atomic mass is 32.2. The van der Waals surface area contributed by atoms with Crippen LogP contribution in [0.15, 0.2) is 17.0 Å². The fraction of sp³-hybridized carbons (Fsp3) is 0.111. The maximum Gasteiger partial charge on any atom is 0.294 e. The van der Waals surface area contributed by atoms with E-state index < -0.39 is 15.0 Å². The van der Waals surface area contributed by atoms with Crippen LogP contribution in [0, 0.1) is 6.92 Å². The first kappa shape index (κ1) is 11.5. The molecule has 1 N–H and O–H groups in total. The maximum atomic E-state index is 10.8. The molecule has 0 bridgehead atoms. The van der Waals surface area contributed by atoms with E-state index in [2.05, 4.69) is 0 Å². The van der Waals surface area contributed by atoms with Gasteiger partial charge >= 0.3 is 0 Å². The molecule has 0 aliphatic rings. The Morgan fingerprint density at radius 1 is 1.13 bits per heavy atom. The summed E-state index contributed by atoms with van der Waals surface area (Å²) >= 11 is 0. The summed E-state index contributed by atoms with van der Waals surface area (Å²) in [6.07, 6.45) is 0.855. The van der Waals surface area contributed by atoms with Crippen LogP contribution in [0.3, 0.4) is 0 Å². The predicted molar refractivity (Wildman–Crippen MR) is 51.8 cm³/mol. The summed E-state index contributed by atoms with van der Waals surface area (Å²) in [5, 5.41) is 0. The Labute approximate surface area is 86.5 Å². The monoisotopic (exact) mass is 228 g/mol. The Morgan fingerprint density at radius 2 is 1.53 bits per heavy atom. The van der Waals surface area contributed by atoms with Crippen molar-refractivity contribution in [1.29, 1.82) is 0 Å². The summed E-state index contributed by atoms with van der Waals surface area (Å²) in [5.41, 5.74) is 0.506. The van der Waals surface area contributed by atoms with Crippen molar-refractivity contribution < 1.29 is 22.6 Å². The second-order valence-electron chi connectivity index (χ2n) is 2.94. The van der Waals surface area contributed by atoms with Crippen LogP contribution in [0.4, 0.5) is 0 Å². The van der Waals surface area contributed by atoms with Crippen LogP contribution in [-0.4, -0.2) is 25.5 Å². The smallest absolute Gasteiger partial charge is 0.294 e. The molecule has 80 valence electrons. The standard InChI is InChI=1S/C9H8O5S/c1-6-7(4-10)2-9(15(12,13)14)3-8(6)5-11/h2-5H,1H3,(H,12,13,14). The zero-order valence-corrected chi connectivity index (χ0v) is 8.61. The summed E-state index contributed by atoms with van der Waals surface area (Å²) in [6, 6.07) is 2.04.